The molecule has 2 aliphatic rings. The molecule has 1 aromatic heterocycles. The molecule has 1 aliphatic carbocycles. The van der Waals surface area contributed by atoms with E-state index in [2.05, 4.69) is 10.3 Å². The topological polar surface area (TPSA) is 103 Å². The van der Waals surface area contributed by atoms with Gasteiger partial charge >= 0.3 is 5.97 Å². The van der Waals surface area contributed by atoms with E-state index in [1.165, 1.54) is 6.92 Å². The quantitative estimate of drug-likeness (QED) is 0.708. The lowest BCUT2D eigenvalue weighted by atomic mass is 9.92. The minimum atomic E-state index is -0.833. The number of carboxylic acids is 1. The summed E-state index contributed by atoms with van der Waals surface area (Å²) in [5, 5.41) is 13.3. The van der Waals surface area contributed by atoms with Gasteiger partial charge in [-0.1, -0.05) is 18.2 Å². The van der Waals surface area contributed by atoms with E-state index in [0.29, 0.717) is 18.9 Å². The molecule has 28 heavy (non-hydrogen) atoms. The molecule has 2 aromatic rings. The molecule has 0 radical (unpaired) electrons. The molecule has 0 bridgehead atoms. The number of fused-ring (bicyclic) bond motifs is 1. The number of benzene rings is 1. The van der Waals surface area contributed by atoms with Crippen molar-refractivity contribution in [2.75, 3.05) is 13.1 Å². The van der Waals surface area contributed by atoms with E-state index in [9.17, 15) is 19.5 Å². The van der Waals surface area contributed by atoms with E-state index >= 15 is 0 Å². The van der Waals surface area contributed by atoms with Crippen LogP contribution in [0.2, 0.25) is 0 Å². The molecule has 2 amide bonds. The Kier molecular flexibility index (Phi) is 4.83. The number of aromatic amines is 1. The van der Waals surface area contributed by atoms with Crippen LogP contribution in [0.5, 0.6) is 0 Å². The van der Waals surface area contributed by atoms with E-state index in [1.54, 1.807) is 4.90 Å². The van der Waals surface area contributed by atoms with Crippen molar-refractivity contribution in [2.24, 2.45) is 17.8 Å². The smallest absolute Gasteiger partial charge is 0.308 e. The summed E-state index contributed by atoms with van der Waals surface area (Å²) in [6.07, 6.45) is 4.32. The molecule has 1 aliphatic heterocycles. The van der Waals surface area contributed by atoms with Gasteiger partial charge in [0.05, 0.1) is 5.92 Å². The first-order valence-electron chi connectivity index (χ1n) is 9.77. The van der Waals surface area contributed by atoms with Gasteiger partial charge < -0.3 is 20.3 Å². The molecule has 1 unspecified atom stereocenters. The normalized spacial score (nSPS) is 23.0. The molecule has 2 heterocycles. The third-order valence-electron chi connectivity index (χ3n) is 6.00. The average molecular weight is 383 g/mol. The first-order chi connectivity index (χ1) is 13.4. The Morgan fingerprint density at radius 2 is 2.00 bits per heavy atom. The summed E-state index contributed by atoms with van der Waals surface area (Å²) in [6, 6.07) is 7.12. The van der Waals surface area contributed by atoms with Crippen molar-refractivity contribution in [2.45, 2.75) is 32.2 Å². The summed E-state index contributed by atoms with van der Waals surface area (Å²) in [7, 11) is 0. The van der Waals surface area contributed by atoms with Crippen molar-refractivity contribution in [1.82, 2.24) is 15.2 Å². The van der Waals surface area contributed by atoms with E-state index in [0.717, 1.165) is 29.3 Å². The first-order valence-corrected chi connectivity index (χ1v) is 9.77. The number of likely N-dealkylation sites (tertiary alicyclic amines) is 1. The second-order valence-electron chi connectivity index (χ2n) is 8.01. The number of nitrogens with zero attached hydrogens (tertiary/aromatic N) is 1. The standard InChI is InChI=1S/C21H25N3O4/c1-12(25)23-19(8-14-9-22-18-5-3-2-4-15(14)18)20(26)24-10-16(13-6-7-13)17(11-24)21(27)28/h2-5,9,13,16-17,19,22H,6-8,10-11H2,1H3,(H,23,25)(H,27,28)/t16-,17+,19?/m1/s1. The van der Waals surface area contributed by atoms with Gasteiger partial charge in [0.25, 0.3) is 0 Å². The van der Waals surface area contributed by atoms with Crippen LogP contribution in [0, 0.1) is 17.8 Å². The van der Waals surface area contributed by atoms with Crippen molar-refractivity contribution >= 4 is 28.7 Å². The number of aliphatic carboxylic acids is 1. The molecular formula is C21H25N3O4. The third kappa shape index (κ3) is 3.61. The summed E-state index contributed by atoms with van der Waals surface area (Å²) < 4.78 is 0. The van der Waals surface area contributed by atoms with Gasteiger partial charge in [-0.3, -0.25) is 14.4 Å². The van der Waals surface area contributed by atoms with Gasteiger partial charge in [0.2, 0.25) is 11.8 Å². The van der Waals surface area contributed by atoms with Gasteiger partial charge in [0.15, 0.2) is 0 Å². The lowest BCUT2D eigenvalue weighted by Crippen LogP contribution is -2.48. The Bertz CT molecular complexity index is 917. The van der Waals surface area contributed by atoms with Crippen LogP contribution in [0.3, 0.4) is 0 Å². The highest BCUT2D eigenvalue weighted by molar-refractivity contribution is 5.89. The van der Waals surface area contributed by atoms with Crippen LogP contribution in [0.1, 0.15) is 25.3 Å². The fourth-order valence-corrected chi connectivity index (χ4v) is 4.46. The number of carboxylic acid groups (broad SMARTS) is 1. The largest absolute Gasteiger partial charge is 0.481 e. The molecule has 1 saturated carbocycles. The predicted octanol–water partition coefficient (Wildman–Crippen LogP) is 1.78. The number of carbonyl (C=O) groups excluding carboxylic acids is 2. The maximum Gasteiger partial charge on any atom is 0.308 e. The number of para-hydroxylation sites is 1. The van der Waals surface area contributed by atoms with E-state index in [-0.39, 0.29) is 24.3 Å². The van der Waals surface area contributed by atoms with Gasteiger partial charge in [-0.2, -0.15) is 0 Å². The first kappa shape index (κ1) is 18.5. The maximum atomic E-state index is 13.2. The second-order valence-corrected chi connectivity index (χ2v) is 8.01. The average Bonchev–Trinajstić information content (AvgIpc) is 3.28. The number of amides is 2. The van der Waals surface area contributed by atoms with E-state index in [1.807, 2.05) is 30.5 Å². The van der Waals surface area contributed by atoms with Gasteiger partial charge in [0.1, 0.15) is 6.04 Å². The van der Waals surface area contributed by atoms with Crippen LogP contribution in [-0.4, -0.2) is 51.9 Å². The molecule has 148 valence electrons. The van der Waals surface area contributed by atoms with E-state index in [4.69, 9.17) is 0 Å². The van der Waals surface area contributed by atoms with Crippen molar-refractivity contribution in [3.05, 3.63) is 36.0 Å². The summed E-state index contributed by atoms with van der Waals surface area (Å²) >= 11 is 0. The molecule has 2 fully saturated rings. The van der Waals surface area contributed by atoms with Crippen LogP contribution < -0.4 is 5.32 Å². The van der Waals surface area contributed by atoms with Gasteiger partial charge in [-0.15, -0.1) is 0 Å². The minimum Gasteiger partial charge on any atom is -0.481 e. The van der Waals surface area contributed by atoms with Crippen molar-refractivity contribution in [3.63, 3.8) is 0 Å². The van der Waals surface area contributed by atoms with Crippen molar-refractivity contribution < 1.29 is 19.5 Å². The molecular weight excluding hydrogens is 358 g/mol. The Morgan fingerprint density at radius 3 is 2.68 bits per heavy atom. The van der Waals surface area contributed by atoms with Crippen LogP contribution in [0.4, 0.5) is 0 Å². The summed E-state index contributed by atoms with van der Waals surface area (Å²) in [5.74, 6) is -1.39. The Hall–Kier alpha value is -2.83. The highest BCUT2D eigenvalue weighted by Gasteiger charge is 2.47. The Balaban J connectivity index is 1.54. The molecule has 7 nitrogen and oxygen atoms in total. The van der Waals surface area contributed by atoms with E-state index < -0.39 is 17.9 Å². The molecule has 3 N–H and O–H groups in total. The second kappa shape index (κ2) is 7.30. The monoisotopic (exact) mass is 383 g/mol. The van der Waals surface area contributed by atoms with Crippen LogP contribution in [0.25, 0.3) is 10.9 Å². The fraction of sp³-hybridized carbons (Fsp3) is 0.476. The number of aromatic nitrogens is 1. The van der Waals surface area contributed by atoms with Crippen LogP contribution in [-0.2, 0) is 20.8 Å². The Labute approximate surface area is 163 Å². The predicted molar refractivity (Wildman–Crippen MR) is 104 cm³/mol. The number of hydrogen-bond donors (Lipinski definition) is 3. The summed E-state index contributed by atoms with van der Waals surface area (Å²) in [4.78, 5) is 41.4. The molecule has 1 saturated heterocycles. The zero-order chi connectivity index (χ0) is 19.8. The lowest BCUT2D eigenvalue weighted by molar-refractivity contribution is -0.143. The maximum absolute atomic E-state index is 13.2. The highest BCUT2D eigenvalue weighted by atomic mass is 16.4. The SMILES string of the molecule is CC(=O)NC(Cc1c[nH]c2ccccc12)C(=O)N1C[C@H](C(=O)O)[C@@H](C2CC2)C1. The third-order valence-corrected chi connectivity index (χ3v) is 6.00. The fourth-order valence-electron chi connectivity index (χ4n) is 4.46. The molecule has 0 spiro atoms. The van der Waals surface area contributed by atoms with Gasteiger partial charge in [0, 0.05) is 43.5 Å². The number of nitrogens with one attached hydrogen (secondary N) is 2. The zero-order valence-corrected chi connectivity index (χ0v) is 15.9. The number of hydrogen-bond acceptors (Lipinski definition) is 3. The van der Waals surface area contributed by atoms with Crippen LogP contribution >= 0.6 is 0 Å². The Morgan fingerprint density at radius 1 is 1.25 bits per heavy atom. The van der Waals surface area contributed by atoms with Gasteiger partial charge in [-0.25, -0.2) is 0 Å². The van der Waals surface area contributed by atoms with Crippen molar-refractivity contribution in [1.29, 1.82) is 0 Å². The molecule has 1 aromatic carbocycles. The number of carbonyl (C=O) groups is 3. The summed E-state index contributed by atoms with van der Waals surface area (Å²) in [5.41, 5.74) is 1.93. The van der Waals surface area contributed by atoms with Crippen molar-refractivity contribution in [3.8, 4) is 0 Å². The highest BCUT2D eigenvalue weighted by Crippen LogP contribution is 2.44. The zero-order valence-electron chi connectivity index (χ0n) is 15.9. The molecule has 3 atom stereocenters. The summed E-state index contributed by atoms with van der Waals surface area (Å²) in [6.45, 7) is 2.08. The van der Waals surface area contributed by atoms with Crippen LogP contribution in [0.15, 0.2) is 30.5 Å². The molecule has 7 heteroatoms. The minimum absolute atomic E-state index is 0.0208. The van der Waals surface area contributed by atoms with Gasteiger partial charge in [-0.05, 0) is 36.3 Å². The molecule has 4 rings (SSSR count). The number of H-pyrrole nitrogens is 1. The lowest BCUT2D eigenvalue weighted by Gasteiger charge is -2.24. The number of rotatable bonds is 6.